The number of pyridine rings is 1. The van der Waals surface area contributed by atoms with Crippen LogP contribution in [0.3, 0.4) is 0 Å². The molecule has 0 aliphatic heterocycles. The standard InChI is InChI=1S/C16H15N3S/c17-14(13-7-4-8-18-10-13)9-16-19-15(11-20-16)12-5-2-1-3-6-12/h1-8,10-11,14H,9,17H2. The van der Waals surface area contributed by atoms with Gasteiger partial charge in [-0.15, -0.1) is 11.3 Å². The van der Waals surface area contributed by atoms with E-state index < -0.39 is 0 Å². The zero-order valence-corrected chi connectivity index (χ0v) is 11.8. The molecule has 0 saturated heterocycles. The Kier molecular flexibility index (Phi) is 3.85. The molecule has 0 radical (unpaired) electrons. The van der Waals surface area contributed by atoms with Crippen LogP contribution < -0.4 is 5.73 Å². The largest absolute Gasteiger partial charge is 0.324 e. The molecule has 0 spiro atoms. The lowest BCUT2D eigenvalue weighted by molar-refractivity contribution is 0.714. The van der Waals surface area contributed by atoms with E-state index >= 15 is 0 Å². The SMILES string of the molecule is NC(Cc1nc(-c2ccccc2)cs1)c1cccnc1. The van der Waals surface area contributed by atoms with E-state index in [1.807, 2.05) is 36.5 Å². The number of thiazole rings is 1. The van der Waals surface area contributed by atoms with Crippen LogP contribution in [0.1, 0.15) is 16.6 Å². The van der Waals surface area contributed by atoms with Crippen molar-refractivity contribution in [2.24, 2.45) is 5.73 Å². The number of nitrogens with two attached hydrogens (primary N) is 1. The molecule has 0 bridgehead atoms. The van der Waals surface area contributed by atoms with E-state index in [1.54, 1.807) is 17.5 Å². The fourth-order valence-corrected chi connectivity index (χ4v) is 2.91. The van der Waals surface area contributed by atoms with Crippen molar-refractivity contribution in [1.29, 1.82) is 0 Å². The second-order valence-corrected chi connectivity index (χ2v) is 5.53. The minimum atomic E-state index is -0.0570. The smallest absolute Gasteiger partial charge is 0.0951 e. The Morgan fingerprint density at radius 1 is 1.10 bits per heavy atom. The molecule has 2 aromatic heterocycles. The molecule has 1 atom stereocenters. The zero-order valence-electron chi connectivity index (χ0n) is 10.9. The highest BCUT2D eigenvalue weighted by atomic mass is 32.1. The molecule has 0 aliphatic rings. The van der Waals surface area contributed by atoms with Gasteiger partial charge in [-0.05, 0) is 11.6 Å². The highest BCUT2D eigenvalue weighted by Gasteiger charge is 2.11. The van der Waals surface area contributed by atoms with Crippen molar-refractivity contribution in [3.63, 3.8) is 0 Å². The number of hydrogen-bond donors (Lipinski definition) is 1. The molecule has 4 heteroatoms. The summed E-state index contributed by atoms with van der Waals surface area (Å²) in [6, 6.07) is 14.1. The van der Waals surface area contributed by atoms with E-state index in [2.05, 4.69) is 27.5 Å². The summed E-state index contributed by atoms with van der Waals surface area (Å²) < 4.78 is 0. The van der Waals surface area contributed by atoms with Crippen LogP contribution in [0.4, 0.5) is 0 Å². The molecule has 0 fully saturated rings. The topological polar surface area (TPSA) is 51.8 Å². The monoisotopic (exact) mass is 281 g/mol. The van der Waals surface area contributed by atoms with Gasteiger partial charge in [0.05, 0.1) is 10.7 Å². The Morgan fingerprint density at radius 2 is 1.95 bits per heavy atom. The number of benzene rings is 1. The maximum absolute atomic E-state index is 6.20. The van der Waals surface area contributed by atoms with Gasteiger partial charge in [0, 0.05) is 35.8 Å². The Morgan fingerprint density at radius 3 is 2.70 bits per heavy atom. The summed E-state index contributed by atoms with van der Waals surface area (Å²) in [5.41, 5.74) is 9.41. The summed E-state index contributed by atoms with van der Waals surface area (Å²) in [6.07, 6.45) is 4.31. The molecule has 2 N–H and O–H groups in total. The summed E-state index contributed by atoms with van der Waals surface area (Å²) >= 11 is 1.66. The highest BCUT2D eigenvalue weighted by Crippen LogP contribution is 2.24. The van der Waals surface area contributed by atoms with Crippen molar-refractivity contribution in [2.45, 2.75) is 12.5 Å². The first-order valence-electron chi connectivity index (χ1n) is 6.48. The molecule has 3 aromatic rings. The van der Waals surface area contributed by atoms with Crippen LogP contribution in [0.5, 0.6) is 0 Å². The maximum Gasteiger partial charge on any atom is 0.0951 e. The van der Waals surface area contributed by atoms with Crippen molar-refractivity contribution < 1.29 is 0 Å². The van der Waals surface area contributed by atoms with E-state index in [1.165, 1.54) is 0 Å². The Bertz CT molecular complexity index is 664. The second-order valence-electron chi connectivity index (χ2n) is 4.59. The lowest BCUT2D eigenvalue weighted by atomic mass is 10.1. The average molecular weight is 281 g/mol. The third-order valence-corrected chi connectivity index (χ3v) is 4.00. The van der Waals surface area contributed by atoms with Crippen molar-refractivity contribution in [2.75, 3.05) is 0 Å². The maximum atomic E-state index is 6.20. The Balaban J connectivity index is 1.75. The second kappa shape index (κ2) is 5.94. The van der Waals surface area contributed by atoms with Crippen molar-refractivity contribution in [3.05, 3.63) is 70.8 Å². The van der Waals surface area contributed by atoms with Gasteiger partial charge in [0.1, 0.15) is 0 Å². The lowest BCUT2D eigenvalue weighted by Crippen LogP contribution is -2.13. The fraction of sp³-hybridized carbons (Fsp3) is 0.125. The van der Waals surface area contributed by atoms with Crippen LogP contribution >= 0.6 is 11.3 Å². The van der Waals surface area contributed by atoms with Gasteiger partial charge < -0.3 is 5.73 Å². The minimum absolute atomic E-state index is 0.0570. The summed E-state index contributed by atoms with van der Waals surface area (Å²) in [4.78, 5) is 8.77. The van der Waals surface area contributed by atoms with Gasteiger partial charge in [0.25, 0.3) is 0 Å². The van der Waals surface area contributed by atoms with Gasteiger partial charge in [-0.1, -0.05) is 36.4 Å². The van der Waals surface area contributed by atoms with Gasteiger partial charge in [-0.25, -0.2) is 4.98 Å². The molecule has 1 aromatic carbocycles. The number of rotatable bonds is 4. The van der Waals surface area contributed by atoms with Crippen LogP contribution in [0, 0.1) is 0 Å². The van der Waals surface area contributed by atoms with E-state index in [9.17, 15) is 0 Å². The van der Waals surface area contributed by atoms with Crippen molar-refractivity contribution >= 4 is 11.3 Å². The minimum Gasteiger partial charge on any atom is -0.324 e. The number of nitrogens with zero attached hydrogens (tertiary/aromatic N) is 2. The summed E-state index contributed by atoms with van der Waals surface area (Å²) in [7, 11) is 0. The number of hydrogen-bond acceptors (Lipinski definition) is 4. The molecule has 1 unspecified atom stereocenters. The summed E-state index contributed by atoms with van der Waals surface area (Å²) in [5, 5.41) is 3.14. The van der Waals surface area contributed by atoms with Gasteiger partial charge >= 0.3 is 0 Å². The van der Waals surface area contributed by atoms with Crippen LogP contribution in [0.15, 0.2) is 60.2 Å². The normalized spacial score (nSPS) is 12.2. The lowest BCUT2D eigenvalue weighted by Gasteiger charge is -2.08. The zero-order chi connectivity index (χ0) is 13.8. The molecule has 3 rings (SSSR count). The van der Waals surface area contributed by atoms with Crippen LogP contribution in [-0.2, 0) is 6.42 Å². The Hall–Kier alpha value is -2.04. The van der Waals surface area contributed by atoms with Gasteiger partial charge in [0.15, 0.2) is 0 Å². The van der Waals surface area contributed by atoms with Gasteiger partial charge in [0.2, 0.25) is 0 Å². The van der Waals surface area contributed by atoms with E-state index in [0.29, 0.717) is 0 Å². The quantitative estimate of drug-likeness (QED) is 0.797. The summed E-state index contributed by atoms with van der Waals surface area (Å²) in [5.74, 6) is 0. The highest BCUT2D eigenvalue weighted by molar-refractivity contribution is 7.09. The molecular formula is C16H15N3S. The Labute approximate surface area is 122 Å². The molecule has 0 saturated carbocycles. The molecule has 100 valence electrons. The third-order valence-electron chi connectivity index (χ3n) is 3.13. The van der Waals surface area contributed by atoms with Gasteiger partial charge in [-0.3, -0.25) is 4.98 Å². The first-order valence-corrected chi connectivity index (χ1v) is 7.36. The van der Waals surface area contributed by atoms with Crippen LogP contribution in [-0.4, -0.2) is 9.97 Å². The van der Waals surface area contributed by atoms with Crippen molar-refractivity contribution in [3.8, 4) is 11.3 Å². The first-order chi connectivity index (χ1) is 9.83. The molecule has 0 amide bonds. The summed E-state index contributed by atoms with van der Waals surface area (Å²) in [6.45, 7) is 0. The van der Waals surface area contributed by atoms with Crippen LogP contribution in [0.2, 0.25) is 0 Å². The number of aromatic nitrogens is 2. The van der Waals surface area contributed by atoms with Crippen molar-refractivity contribution in [1.82, 2.24) is 9.97 Å². The predicted molar refractivity (Wildman–Crippen MR) is 82.4 cm³/mol. The van der Waals surface area contributed by atoms with E-state index in [0.717, 1.165) is 28.2 Å². The molecule has 2 heterocycles. The van der Waals surface area contributed by atoms with Gasteiger partial charge in [-0.2, -0.15) is 0 Å². The fourth-order valence-electron chi connectivity index (χ4n) is 2.05. The van der Waals surface area contributed by atoms with E-state index in [-0.39, 0.29) is 6.04 Å². The average Bonchev–Trinajstić information content (AvgIpc) is 2.97. The predicted octanol–water partition coefficient (Wildman–Crippen LogP) is 3.45. The van der Waals surface area contributed by atoms with Crippen LogP contribution in [0.25, 0.3) is 11.3 Å². The molecule has 20 heavy (non-hydrogen) atoms. The van der Waals surface area contributed by atoms with E-state index in [4.69, 9.17) is 5.73 Å². The molecular weight excluding hydrogens is 266 g/mol. The molecule has 3 nitrogen and oxygen atoms in total. The first kappa shape index (κ1) is 13.0. The molecule has 0 aliphatic carbocycles. The third kappa shape index (κ3) is 2.92.